The number of ketones is 1. The van der Waals surface area contributed by atoms with E-state index in [1.54, 1.807) is 0 Å². The van der Waals surface area contributed by atoms with Crippen LogP contribution in [-0.2, 0) is 0 Å². The molecule has 0 unspecified atom stereocenters. The van der Waals surface area contributed by atoms with E-state index < -0.39 is 0 Å². The molecule has 0 spiro atoms. The summed E-state index contributed by atoms with van der Waals surface area (Å²) in [7, 11) is 0. The molecule has 3 heteroatoms. The van der Waals surface area contributed by atoms with Crippen molar-refractivity contribution in [3.63, 3.8) is 0 Å². The maximum absolute atomic E-state index is 13.0. The molecule has 0 fully saturated rings. The largest absolute Gasteiger partial charge is 0.494 e. The van der Waals surface area contributed by atoms with Gasteiger partial charge < -0.3 is 9.47 Å². The van der Waals surface area contributed by atoms with Gasteiger partial charge in [0.15, 0.2) is 5.78 Å². The van der Waals surface area contributed by atoms with Crippen molar-refractivity contribution in [2.45, 2.75) is 168 Å². The van der Waals surface area contributed by atoms with Crippen LogP contribution in [0.25, 0.3) is 0 Å². The molecule has 0 heterocycles. The maximum Gasteiger partial charge on any atom is 0.193 e. The molecule has 2 aromatic carbocycles. The van der Waals surface area contributed by atoms with Gasteiger partial charge in [0.1, 0.15) is 11.5 Å². The summed E-state index contributed by atoms with van der Waals surface area (Å²) in [5.74, 6) is 1.71. The Balaban J connectivity index is 1.49. The second kappa shape index (κ2) is 27.1. The highest BCUT2D eigenvalue weighted by molar-refractivity contribution is 6.09. The van der Waals surface area contributed by atoms with Crippen LogP contribution in [0.1, 0.15) is 184 Å². The molecule has 0 aliphatic heterocycles. The number of carbonyl (C=O) groups is 1. The third-order valence-electron chi connectivity index (χ3n) is 8.77. The van der Waals surface area contributed by atoms with Crippen molar-refractivity contribution in [3.8, 4) is 11.5 Å². The van der Waals surface area contributed by atoms with Gasteiger partial charge in [-0.1, -0.05) is 155 Å². The fraction of sp³-hybridized carbons (Fsp3) is 0.683. The summed E-state index contributed by atoms with van der Waals surface area (Å²) >= 11 is 0. The second-order valence-corrected chi connectivity index (χ2v) is 12.9. The van der Waals surface area contributed by atoms with Gasteiger partial charge in [0.2, 0.25) is 0 Å². The third kappa shape index (κ3) is 19.2. The first-order valence-electron chi connectivity index (χ1n) is 18.7. The van der Waals surface area contributed by atoms with Crippen LogP contribution in [0.2, 0.25) is 0 Å². The van der Waals surface area contributed by atoms with E-state index in [1.165, 1.54) is 141 Å². The van der Waals surface area contributed by atoms with Crippen molar-refractivity contribution in [3.05, 3.63) is 59.7 Å². The van der Waals surface area contributed by atoms with Crippen molar-refractivity contribution in [1.82, 2.24) is 0 Å². The minimum atomic E-state index is 0.0324. The van der Waals surface area contributed by atoms with Crippen LogP contribution >= 0.6 is 0 Å². The highest BCUT2D eigenvalue weighted by atomic mass is 16.5. The zero-order valence-corrected chi connectivity index (χ0v) is 28.7. The van der Waals surface area contributed by atoms with Gasteiger partial charge in [-0.15, -0.1) is 0 Å². The smallest absolute Gasteiger partial charge is 0.193 e. The van der Waals surface area contributed by atoms with Crippen LogP contribution in [-0.4, -0.2) is 19.0 Å². The van der Waals surface area contributed by atoms with Crippen LogP contribution in [0, 0.1) is 0 Å². The minimum Gasteiger partial charge on any atom is -0.494 e. The topological polar surface area (TPSA) is 35.5 Å². The van der Waals surface area contributed by atoms with E-state index in [0.717, 1.165) is 37.6 Å². The lowest BCUT2D eigenvalue weighted by Crippen LogP contribution is -2.03. The Kier molecular flexibility index (Phi) is 23.3. The van der Waals surface area contributed by atoms with E-state index >= 15 is 0 Å². The Labute approximate surface area is 271 Å². The molecule has 248 valence electrons. The van der Waals surface area contributed by atoms with Crippen molar-refractivity contribution in [2.24, 2.45) is 0 Å². The molecule has 44 heavy (non-hydrogen) atoms. The number of hydrogen-bond acceptors (Lipinski definition) is 3. The van der Waals surface area contributed by atoms with Gasteiger partial charge in [-0.2, -0.15) is 0 Å². The summed E-state index contributed by atoms with van der Waals surface area (Å²) in [6.45, 7) is 6.04. The Morgan fingerprint density at radius 3 is 0.909 bits per heavy atom. The van der Waals surface area contributed by atoms with E-state index in [0.29, 0.717) is 11.1 Å². The standard InChI is InChI=1S/C41H66O3/c1-3-5-7-9-11-13-15-17-19-21-23-25-35-43-39-31-27-37(28-32-39)41(42)38-29-33-40(34-30-38)44-36-26-24-22-20-18-16-14-12-10-8-6-4-2/h27-34H,3-26,35-36H2,1-2H3. The Bertz CT molecular complexity index is 842. The molecule has 0 N–H and O–H groups in total. The first-order chi connectivity index (χ1) is 21.7. The lowest BCUT2D eigenvalue weighted by Gasteiger charge is -2.09. The predicted molar refractivity (Wildman–Crippen MR) is 189 cm³/mol. The number of ether oxygens (including phenoxy) is 2. The molecule has 3 nitrogen and oxygen atoms in total. The molecule has 0 aromatic heterocycles. The molecule has 0 radical (unpaired) electrons. The Morgan fingerprint density at radius 1 is 0.386 bits per heavy atom. The zero-order valence-electron chi connectivity index (χ0n) is 28.7. The number of benzene rings is 2. The van der Waals surface area contributed by atoms with Gasteiger partial charge in [0, 0.05) is 11.1 Å². The molecule has 0 bridgehead atoms. The van der Waals surface area contributed by atoms with Crippen LogP contribution < -0.4 is 9.47 Å². The lowest BCUT2D eigenvalue weighted by molar-refractivity contribution is 0.103. The van der Waals surface area contributed by atoms with E-state index in [1.807, 2.05) is 48.5 Å². The van der Waals surface area contributed by atoms with Gasteiger partial charge in [-0.25, -0.2) is 0 Å². The normalized spacial score (nSPS) is 11.1. The first-order valence-corrected chi connectivity index (χ1v) is 18.7. The molecule has 0 saturated carbocycles. The van der Waals surface area contributed by atoms with Crippen LogP contribution in [0.3, 0.4) is 0 Å². The molecule has 0 aliphatic carbocycles. The monoisotopic (exact) mass is 607 g/mol. The highest BCUT2D eigenvalue weighted by Crippen LogP contribution is 2.19. The molecule has 0 saturated heterocycles. The molecule has 0 atom stereocenters. The summed E-state index contributed by atoms with van der Waals surface area (Å²) in [5, 5.41) is 0. The van der Waals surface area contributed by atoms with E-state index in [2.05, 4.69) is 13.8 Å². The zero-order chi connectivity index (χ0) is 31.3. The predicted octanol–water partition coefficient (Wildman–Crippen LogP) is 13.1. The Hall–Kier alpha value is -2.29. The summed E-state index contributed by atoms with van der Waals surface area (Å²) in [6, 6.07) is 15.2. The van der Waals surface area contributed by atoms with Gasteiger partial charge in [-0.05, 0) is 61.4 Å². The van der Waals surface area contributed by atoms with Crippen LogP contribution in [0.15, 0.2) is 48.5 Å². The molecular formula is C41H66O3. The van der Waals surface area contributed by atoms with Gasteiger partial charge >= 0.3 is 0 Å². The van der Waals surface area contributed by atoms with E-state index in [-0.39, 0.29) is 5.78 Å². The van der Waals surface area contributed by atoms with Crippen LogP contribution in [0.5, 0.6) is 11.5 Å². The highest BCUT2D eigenvalue weighted by Gasteiger charge is 2.09. The first kappa shape index (κ1) is 37.9. The molecule has 2 rings (SSSR count). The molecule has 0 amide bonds. The van der Waals surface area contributed by atoms with Crippen LogP contribution in [0.4, 0.5) is 0 Å². The molecule has 0 aliphatic rings. The Morgan fingerprint density at radius 2 is 0.636 bits per heavy atom. The number of rotatable bonds is 30. The quantitative estimate of drug-likeness (QED) is 0.0655. The molecule has 2 aromatic rings. The number of hydrogen-bond donors (Lipinski definition) is 0. The van der Waals surface area contributed by atoms with Crippen molar-refractivity contribution in [2.75, 3.05) is 13.2 Å². The van der Waals surface area contributed by atoms with E-state index in [4.69, 9.17) is 9.47 Å². The summed E-state index contributed by atoms with van der Waals surface area (Å²) in [4.78, 5) is 13.0. The molecular weight excluding hydrogens is 540 g/mol. The fourth-order valence-electron chi connectivity index (χ4n) is 5.84. The number of carbonyl (C=O) groups excluding carboxylic acids is 1. The summed E-state index contributed by atoms with van der Waals surface area (Å²) in [5.41, 5.74) is 1.38. The third-order valence-corrected chi connectivity index (χ3v) is 8.77. The summed E-state index contributed by atoms with van der Waals surface area (Å²) in [6.07, 6.45) is 32.2. The maximum atomic E-state index is 13.0. The lowest BCUT2D eigenvalue weighted by atomic mass is 10.0. The average molecular weight is 607 g/mol. The summed E-state index contributed by atoms with van der Waals surface area (Å²) < 4.78 is 11.8. The minimum absolute atomic E-state index is 0.0324. The van der Waals surface area contributed by atoms with Gasteiger partial charge in [0.25, 0.3) is 0 Å². The fourth-order valence-corrected chi connectivity index (χ4v) is 5.84. The number of unbranched alkanes of at least 4 members (excludes halogenated alkanes) is 22. The van der Waals surface area contributed by atoms with Crippen molar-refractivity contribution >= 4 is 5.78 Å². The average Bonchev–Trinajstić information content (AvgIpc) is 3.05. The van der Waals surface area contributed by atoms with E-state index in [9.17, 15) is 4.79 Å². The SMILES string of the molecule is CCCCCCCCCCCCCCOc1ccc(C(=O)c2ccc(OCCCCCCCCCCCCCC)cc2)cc1. The van der Waals surface area contributed by atoms with Crippen molar-refractivity contribution in [1.29, 1.82) is 0 Å². The van der Waals surface area contributed by atoms with Gasteiger partial charge in [0.05, 0.1) is 13.2 Å². The second-order valence-electron chi connectivity index (χ2n) is 12.9. The van der Waals surface area contributed by atoms with Gasteiger partial charge in [-0.3, -0.25) is 4.79 Å². The van der Waals surface area contributed by atoms with Crippen molar-refractivity contribution < 1.29 is 14.3 Å².